The number of benzene rings is 2. The number of ketones is 2. The van der Waals surface area contributed by atoms with Crippen molar-refractivity contribution in [2.45, 2.75) is 70.5 Å². The summed E-state index contributed by atoms with van der Waals surface area (Å²) in [6.45, 7) is 0.00206. The molecule has 4 N–H and O–H groups in total. The van der Waals surface area contributed by atoms with Gasteiger partial charge in [0.15, 0.2) is 0 Å². The van der Waals surface area contributed by atoms with Crippen LogP contribution in [0.2, 0.25) is 0 Å². The van der Waals surface area contributed by atoms with Crippen LogP contribution in [0.5, 0.6) is 5.75 Å². The number of aromatic hydroxyl groups is 1. The Hall–Kier alpha value is -6.86. The lowest BCUT2D eigenvalue weighted by atomic mass is 10.0. The number of phenols is 1. The normalized spacial score (nSPS) is 18.7. The third-order valence-corrected chi connectivity index (χ3v) is 13.0. The van der Waals surface area contributed by atoms with E-state index in [2.05, 4.69) is 16.0 Å². The number of carbonyl (C=O) groups excluding carboxylic acids is 10. The summed E-state index contributed by atoms with van der Waals surface area (Å²) in [6.07, 6.45) is 0.457. The zero-order valence-corrected chi connectivity index (χ0v) is 33.1. The van der Waals surface area contributed by atoms with Crippen molar-refractivity contribution < 1.29 is 53.1 Å². The van der Waals surface area contributed by atoms with Gasteiger partial charge in [-0.2, -0.15) is 0 Å². The number of fused-ring (bicyclic) bond motifs is 2. The summed E-state index contributed by atoms with van der Waals surface area (Å²) in [5.41, 5.74) is 2.71. The van der Waals surface area contributed by atoms with Crippen LogP contribution in [0.25, 0.3) is 0 Å². The van der Waals surface area contributed by atoms with Crippen molar-refractivity contribution in [2.24, 2.45) is 0 Å². The molecule has 2 atom stereocenters. The highest BCUT2D eigenvalue weighted by Crippen LogP contribution is 2.36. The van der Waals surface area contributed by atoms with Gasteiger partial charge in [0.2, 0.25) is 29.3 Å². The Morgan fingerprint density at radius 3 is 1.72 bits per heavy atom. The summed E-state index contributed by atoms with van der Waals surface area (Å²) in [7, 11) is 0. The Bertz CT molecular complexity index is 2540. The van der Waals surface area contributed by atoms with E-state index in [-0.39, 0.29) is 93.0 Å². The van der Waals surface area contributed by atoms with E-state index in [9.17, 15) is 53.1 Å². The van der Waals surface area contributed by atoms with E-state index in [1.807, 2.05) is 0 Å². The van der Waals surface area contributed by atoms with Gasteiger partial charge in [-0.3, -0.25) is 58.2 Å². The number of phenolic OH excluding ortho intramolecular Hbond substituents is 1. The molecule has 4 aliphatic rings. The van der Waals surface area contributed by atoms with Crippen LogP contribution >= 0.6 is 22.7 Å². The molecule has 2 saturated heterocycles. The van der Waals surface area contributed by atoms with Crippen LogP contribution in [0.3, 0.4) is 0 Å². The average molecular weight is 851 g/mol. The SMILES string of the molecule is O=C1CCC(N2Cc3c(csc3CNC(=O)C(=O)c3ccc(CN4C(=O)CCC(N5Cc6c(csc6CNC(=O)C(=O)c6ccc(O)cc6)C5=O)C4=O)cc3)C2=O)C(=O)N1. The molecule has 2 unspecified atom stereocenters. The van der Waals surface area contributed by atoms with Crippen molar-refractivity contribution >= 4 is 81.5 Å². The van der Waals surface area contributed by atoms with Crippen molar-refractivity contribution in [3.8, 4) is 5.75 Å². The number of carbonyl (C=O) groups is 10. The molecular formula is C41H34N6O11S2. The number of nitrogens with one attached hydrogen (secondary N) is 3. The fraction of sp³-hybridized carbons (Fsp3) is 0.268. The quantitative estimate of drug-likeness (QED) is 0.0914. The standard InChI is InChI=1S/C41H34N6O11S2/c48-23-7-5-22(6-8-23)35(52)38(55)43-14-31-25-17-46(40(57)27(25)19-60-31)29-10-12-33(50)47(41(29)58)15-20-1-3-21(4-2-20)34(51)37(54)42-13-30-24-16-45(39(56)26(24)18-59-30)28-9-11-32(49)44-36(28)53/h1-8,18-19,28-29,48H,9-17H2,(H,42,54)(H,43,55)(H,44,49,53). The topological polar surface area (TPSA) is 237 Å². The molecule has 2 aromatic heterocycles. The minimum Gasteiger partial charge on any atom is -0.508 e. The van der Waals surface area contributed by atoms with Gasteiger partial charge in [0.1, 0.15) is 17.8 Å². The van der Waals surface area contributed by atoms with Crippen molar-refractivity contribution in [3.05, 3.63) is 108 Å². The number of hydrogen-bond acceptors (Lipinski definition) is 13. The van der Waals surface area contributed by atoms with Crippen LogP contribution in [0, 0.1) is 0 Å². The van der Waals surface area contributed by atoms with E-state index < -0.39 is 53.2 Å². The van der Waals surface area contributed by atoms with Gasteiger partial charge in [-0.15, -0.1) is 22.7 Å². The lowest BCUT2D eigenvalue weighted by Gasteiger charge is -2.35. The Labute approximate surface area is 348 Å². The minimum absolute atomic E-state index is 0.00260. The predicted molar refractivity (Wildman–Crippen MR) is 210 cm³/mol. The molecule has 2 aromatic carbocycles. The van der Waals surface area contributed by atoms with E-state index in [1.165, 1.54) is 81.0 Å². The van der Waals surface area contributed by atoms with Gasteiger partial charge in [0.05, 0.1) is 30.8 Å². The lowest BCUT2D eigenvalue weighted by Crippen LogP contribution is -2.54. The van der Waals surface area contributed by atoms with Gasteiger partial charge in [-0.1, -0.05) is 24.3 Å². The maximum Gasteiger partial charge on any atom is 0.292 e. The molecule has 4 aliphatic heterocycles. The molecule has 17 nitrogen and oxygen atoms in total. The van der Waals surface area contributed by atoms with Crippen LogP contribution in [0.4, 0.5) is 0 Å². The fourth-order valence-electron chi connectivity index (χ4n) is 7.70. The molecule has 8 rings (SSSR count). The minimum atomic E-state index is -0.932. The first-order valence-electron chi connectivity index (χ1n) is 18.8. The largest absolute Gasteiger partial charge is 0.508 e. The highest BCUT2D eigenvalue weighted by molar-refractivity contribution is 7.10. The van der Waals surface area contributed by atoms with Crippen molar-refractivity contribution in [1.82, 2.24) is 30.7 Å². The number of piperidine rings is 2. The maximum atomic E-state index is 13.8. The van der Waals surface area contributed by atoms with Crippen LogP contribution in [0.15, 0.2) is 59.3 Å². The first-order valence-corrected chi connectivity index (χ1v) is 20.6. The number of nitrogens with zero attached hydrogens (tertiary/aromatic N) is 3. The molecule has 0 spiro atoms. The number of amides is 8. The van der Waals surface area contributed by atoms with Crippen LogP contribution in [-0.4, -0.2) is 90.7 Å². The molecule has 306 valence electrons. The number of hydrogen-bond donors (Lipinski definition) is 4. The molecule has 2 fully saturated rings. The van der Waals surface area contributed by atoms with Crippen LogP contribution in [0.1, 0.15) is 93.6 Å². The van der Waals surface area contributed by atoms with E-state index in [1.54, 1.807) is 10.8 Å². The molecule has 0 aliphatic carbocycles. The highest BCUT2D eigenvalue weighted by Gasteiger charge is 2.44. The number of Topliss-reactive ketones (excluding diaryl/α,β-unsaturated/α-hetero) is 2. The zero-order chi connectivity index (χ0) is 42.4. The molecule has 6 heterocycles. The Morgan fingerprint density at radius 1 is 0.683 bits per heavy atom. The third kappa shape index (κ3) is 7.48. The van der Waals surface area contributed by atoms with Crippen LogP contribution < -0.4 is 16.0 Å². The van der Waals surface area contributed by atoms with Crippen LogP contribution in [-0.2, 0) is 61.5 Å². The Balaban J connectivity index is 0.849. The number of rotatable bonds is 12. The maximum absolute atomic E-state index is 13.8. The predicted octanol–water partition coefficient (Wildman–Crippen LogP) is 1.95. The number of likely N-dealkylation sites (tertiary alicyclic amines) is 1. The summed E-state index contributed by atoms with van der Waals surface area (Å²) in [5, 5.41) is 20.2. The molecule has 0 bridgehead atoms. The molecule has 8 amide bonds. The molecular weight excluding hydrogens is 817 g/mol. The number of thiophene rings is 2. The van der Waals surface area contributed by atoms with Gasteiger partial charge in [0.25, 0.3) is 29.5 Å². The summed E-state index contributed by atoms with van der Waals surface area (Å²) >= 11 is 2.48. The number of imide groups is 2. The van der Waals surface area contributed by atoms with Gasteiger partial charge >= 0.3 is 0 Å². The summed E-state index contributed by atoms with van der Waals surface area (Å²) in [6, 6.07) is 9.42. The Morgan fingerprint density at radius 2 is 1.18 bits per heavy atom. The zero-order valence-electron chi connectivity index (χ0n) is 31.5. The first kappa shape index (κ1) is 39.9. The van der Waals surface area contributed by atoms with Gasteiger partial charge in [-0.25, -0.2) is 0 Å². The van der Waals surface area contributed by atoms with E-state index >= 15 is 0 Å². The summed E-state index contributed by atoms with van der Waals surface area (Å²) in [5.74, 6) is -6.07. The summed E-state index contributed by atoms with van der Waals surface area (Å²) in [4.78, 5) is 134. The smallest absolute Gasteiger partial charge is 0.292 e. The second-order valence-electron chi connectivity index (χ2n) is 14.6. The van der Waals surface area contributed by atoms with Gasteiger partial charge < -0.3 is 25.5 Å². The van der Waals surface area contributed by atoms with E-state index in [0.717, 1.165) is 4.90 Å². The first-order chi connectivity index (χ1) is 28.8. The van der Waals surface area contributed by atoms with Crippen molar-refractivity contribution in [3.63, 3.8) is 0 Å². The fourth-order valence-corrected chi connectivity index (χ4v) is 9.65. The van der Waals surface area contributed by atoms with Crippen molar-refractivity contribution in [1.29, 1.82) is 0 Å². The summed E-state index contributed by atoms with van der Waals surface area (Å²) < 4.78 is 0. The monoisotopic (exact) mass is 850 g/mol. The Kier molecular flexibility index (Phi) is 10.7. The third-order valence-electron chi connectivity index (χ3n) is 11.0. The lowest BCUT2D eigenvalue weighted by molar-refractivity contribution is -0.153. The van der Waals surface area contributed by atoms with Gasteiger partial charge in [-0.05, 0) is 53.8 Å². The molecule has 0 saturated carbocycles. The van der Waals surface area contributed by atoms with E-state index in [0.29, 0.717) is 37.6 Å². The second-order valence-corrected chi connectivity index (χ2v) is 16.5. The highest BCUT2D eigenvalue weighted by atomic mass is 32.1. The molecule has 4 aromatic rings. The molecule has 60 heavy (non-hydrogen) atoms. The molecule has 19 heteroatoms. The second kappa shape index (κ2) is 16.1. The average Bonchev–Trinajstić information content (AvgIpc) is 4.00. The molecule has 0 radical (unpaired) electrons. The van der Waals surface area contributed by atoms with Gasteiger partial charge in [0, 0.05) is 57.6 Å². The van der Waals surface area contributed by atoms with Crippen molar-refractivity contribution in [2.75, 3.05) is 0 Å². The van der Waals surface area contributed by atoms with E-state index in [4.69, 9.17) is 0 Å².